The maximum Gasteiger partial charge on any atom is 0.272 e. The van der Waals surface area contributed by atoms with Crippen molar-refractivity contribution >= 4 is 33.7 Å². The van der Waals surface area contributed by atoms with Gasteiger partial charge in [0.05, 0.1) is 6.54 Å². The third-order valence-corrected chi connectivity index (χ3v) is 6.75. The van der Waals surface area contributed by atoms with Gasteiger partial charge < -0.3 is 15.5 Å². The molecule has 0 saturated heterocycles. The number of benzene rings is 1. The number of amides is 3. The number of nitrogens with zero attached hydrogens (tertiary/aromatic N) is 3. The molecule has 0 unspecified atom stereocenters. The van der Waals surface area contributed by atoms with Gasteiger partial charge in [-0.2, -0.15) is 5.10 Å². The van der Waals surface area contributed by atoms with Gasteiger partial charge in [0.25, 0.3) is 11.8 Å². The van der Waals surface area contributed by atoms with Crippen LogP contribution in [0.15, 0.2) is 34.8 Å². The van der Waals surface area contributed by atoms with Crippen LogP contribution in [0.25, 0.3) is 0 Å². The van der Waals surface area contributed by atoms with Crippen LogP contribution in [0.5, 0.6) is 0 Å². The molecule has 2 aliphatic rings. The number of hydrogen-bond donors (Lipinski definition) is 2. The number of likely N-dealkylation sites (N-methyl/N-ethyl adjacent to an activating group) is 1. The van der Waals surface area contributed by atoms with Crippen LogP contribution >= 0.6 is 15.9 Å². The van der Waals surface area contributed by atoms with Crippen molar-refractivity contribution in [2.24, 2.45) is 0 Å². The van der Waals surface area contributed by atoms with E-state index < -0.39 is 5.54 Å². The monoisotopic (exact) mass is 487 g/mol. The molecule has 1 fully saturated rings. The minimum atomic E-state index is -1.07. The first-order valence-electron chi connectivity index (χ1n) is 10.5. The molecule has 1 aromatic carbocycles. The number of carbonyl (C=O) groups excluding carboxylic acids is 3. The van der Waals surface area contributed by atoms with Crippen molar-refractivity contribution < 1.29 is 14.4 Å². The molecule has 0 radical (unpaired) electrons. The maximum absolute atomic E-state index is 13.0. The lowest BCUT2D eigenvalue weighted by Gasteiger charge is -2.41. The Morgan fingerprint density at radius 1 is 1.26 bits per heavy atom. The fraction of sp³-hybridized carbons (Fsp3) is 0.455. The molecule has 1 atom stereocenters. The zero-order chi connectivity index (χ0) is 22.2. The third-order valence-electron chi connectivity index (χ3n) is 6.26. The second kappa shape index (κ2) is 8.45. The molecule has 0 bridgehead atoms. The van der Waals surface area contributed by atoms with Crippen LogP contribution in [-0.2, 0) is 17.9 Å². The number of halogens is 1. The fourth-order valence-corrected chi connectivity index (χ4v) is 4.62. The maximum atomic E-state index is 13.0. The van der Waals surface area contributed by atoms with E-state index in [-0.39, 0.29) is 36.0 Å². The summed E-state index contributed by atoms with van der Waals surface area (Å²) in [7, 11) is 1.63. The molecule has 1 aliphatic heterocycles. The lowest BCUT2D eigenvalue weighted by atomic mass is 9.95. The number of nitrogens with one attached hydrogen (secondary N) is 2. The van der Waals surface area contributed by atoms with Gasteiger partial charge in [-0.15, -0.1) is 0 Å². The Morgan fingerprint density at radius 3 is 2.71 bits per heavy atom. The molecule has 1 aliphatic carbocycles. The lowest BCUT2D eigenvalue weighted by molar-refractivity contribution is -0.133. The summed E-state index contributed by atoms with van der Waals surface area (Å²) in [6.45, 7) is 2.28. The van der Waals surface area contributed by atoms with E-state index >= 15 is 0 Å². The first-order valence-corrected chi connectivity index (χ1v) is 11.3. The van der Waals surface area contributed by atoms with Crippen LogP contribution in [0.4, 0.5) is 0 Å². The molecule has 8 nitrogen and oxygen atoms in total. The van der Waals surface area contributed by atoms with Gasteiger partial charge in [0, 0.05) is 30.2 Å². The van der Waals surface area contributed by atoms with Gasteiger partial charge in [-0.25, -0.2) is 0 Å². The minimum Gasteiger partial charge on any atom is -0.351 e. The molecule has 3 amide bonds. The van der Waals surface area contributed by atoms with E-state index in [4.69, 9.17) is 0 Å². The van der Waals surface area contributed by atoms with E-state index in [1.54, 1.807) is 14.0 Å². The molecule has 1 saturated carbocycles. The van der Waals surface area contributed by atoms with Gasteiger partial charge in [0.1, 0.15) is 11.2 Å². The van der Waals surface area contributed by atoms with E-state index in [1.165, 1.54) is 15.6 Å². The van der Waals surface area contributed by atoms with Gasteiger partial charge in [0.15, 0.2) is 5.69 Å². The van der Waals surface area contributed by atoms with Crippen molar-refractivity contribution in [1.29, 1.82) is 0 Å². The number of hydrogen-bond acceptors (Lipinski definition) is 4. The van der Waals surface area contributed by atoms with Gasteiger partial charge in [-0.05, 0) is 37.5 Å². The summed E-state index contributed by atoms with van der Waals surface area (Å²) >= 11 is 3.41. The summed E-state index contributed by atoms with van der Waals surface area (Å²) < 4.78 is 2.41. The van der Waals surface area contributed by atoms with Gasteiger partial charge in [-0.3, -0.25) is 19.1 Å². The SMILES string of the molecule is CN1C(=O)c2cc(C(=O)NCc3cccc(Br)c3)nn2C[C@]1(C)C(=O)NC1CCCC1. The van der Waals surface area contributed by atoms with Gasteiger partial charge in [-0.1, -0.05) is 40.9 Å². The molecule has 2 aromatic rings. The lowest BCUT2D eigenvalue weighted by Crippen LogP contribution is -2.63. The van der Waals surface area contributed by atoms with Gasteiger partial charge >= 0.3 is 0 Å². The quantitative estimate of drug-likeness (QED) is 0.676. The van der Waals surface area contributed by atoms with Crippen LogP contribution in [0, 0.1) is 0 Å². The predicted octanol–water partition coefficient (Wildman–Crippen LogP) is 2.48. The largest absolute Gasteiger partial charge is 0.351 e. The summed E-state index contributed by atoms with van der Waals surface area (Å²) in [4.78, 5) is 40.1. The summed E-state index contributed by atoms with van der Waals surface area (Å²) in [5, 5.41) is 10.3. The van der Waals surface area contributed by atoms with Crippen LogP contribution in [0.2, 0.25) is 0 Å². The van der Waals surface area contributed by atoms with Gasteiger partial charge in [0.2, 0.25) is 5.91 Å². The Kier molecular flexibility index (Phi) is 5.88. The molecule has 31 heavy (non-hydrogen) atoms. The molecule has 4 rings (SSSR count). The summed E-state index contributed by atoms with van der Waals surface area (Å²) in [5.74, 6) is -0.875. The standard InChI is InChI=1S/C22H26BrN5O3/c1-22(21(31)25-16-8-3-4-9-16)13-28-18(20(30)27(22)2)11-17(26-28)19(29)24-12-14-6-5-7-15(23)10-14/h5-7,10-11,16H,3-4,8-9,12-13H2,1-2H3,(H,24,29)(H,25,31)/t22-/m1/s1. The molecular formula is C22H26BrN5O3. The zero-order valence-electron chi connectivity index (χ0n) is 17.7. The first-order chi connectivity index (χ1) is 14.8. The summed E-state index contributed by atoms with van der Waals surface area (Å²) in [5.41, 5.74) is 0.343. The van der Waals surface area contributed by atoms with Crippen LogP contribution in [0.1, 0.15) is 59.1 Å². The summed E-state index contributed by atoms with van der Waals surface area (Å²) in [6.07, 6.45) is 4.15. The summed E-state index contributed by atoms with van der Waals surface area (Å²) in [6, 6.07) is 9.29. The highest BCUT2D eigenvalue weighted by Crippen LogP contribution is 2.27. The van der Waals surface area contributed by atoms with E-state index in [1.807, 2.05) is 24.3 Å². The topological polar surface area (TPSA) is 96.3 Å². The van der Waals surface area contributed by atoms with Crippen LogP contribution < -0.4 is 10.6 Å². The third kappa shape index (κ3) is 4.23. The molecule has 164 valence electrons. The number of carbonyl (C=O) groups is 3. The molecule has 9 heteroatoms. The van der Waals surface area contributed by atoms with Crippen molar-refractivity contribution in [3.05, 3.63) is 51.8 Å². The predicted molar refractivity (Wildman–Crippen MR) is 118 cm³/mol. The second-order valence-electron chi connectivity index (χ2n) is 8.48. The van der Waals surface area contributed by atoms with Crippen molar-refractivity contribution in [1.82, 2.24) is 25.3 Å². The Balaban J connectivity index is 1.49. The smallest absolute Gasteiger partial charge is 0.272 e. The molecule has 1 aromatic heterocycles. The Morgan fingerprint density at radius 2 is 2.00 bits per heavy atom. The van der Waals surface area contributed by atoms with Crippen LogP contribution in [-0.4, -0.2) is 51.0 Å². The highest BCUT2D eigenvalue weighted by Gasteiger charge is 2.46. The number of aromatic nitrogens is 2. The number of fused-ring (bicyclic) bond motifs is 1. The molecule has 2 N–H and O–H groups in total. The average Bonchev–Trinajstić information content (AvgIpc) is 3.40. The Labute approximate surface area is 189 Å². The van der Waals surface area contributed by atoms with Crippen molar-refractivity contribution in [3.63, 3.8) is 0 Å². The Hall–Kier alpha value is -2.68. The average molecular weight is 488 g/mol. The highest BCUT2D eigenvalue weighted by atomic mass is 79.9. The molecule has 0 spiro atoms. The van der Waals surface area contributed by atoms with E-state index in [0.717, 1.165) is 35.7 Å². The molecule has 2 heterocycles. The molecular weight excluding hydrogens is 462 g/mol. The van der Waals surface area contributed by atoms with E-state index in [0.29, 0.717) is 12.2 Å². The van der Waals surface area contributed by atoms with E-state index in [9.17, 15) is 14.4 Å². The van der Waals surface area contributed by atoms with Crippen molar-refractivity contribution in [2.45, 2.75) is 57.3 Å². The number of rotatable bonds is 5. The van der Waals surface area contributed by atoms with E-state index in [2.05, 4.69) is 31.7 Å². The zero-order valence-corrected chi connectivity index (χ0v) is 19.2. The van der Waals surface area contributed by atoms with Crippen LogP contribution in [0.3, 0.4) is 0 Å². The minimum absolute atomic E-state index is 0.159. The van der Waals surface area contributed by atoms with Crippen molar-refractivity contribution in [2.75, 3.05) is 7.05 Å². The fourth-order valence-electron chi connectivity index (χ4n) is 4.17. The normalized spacial score (nSPS) is 21.1. The highest BCUT2D eigenvalue weighted by molar-refractivity contribution is 9.10. The first kappa shape index (κ1) is 21.5. The Bertz CT molecular complexity index is 1030. The second-order valence-corrected chi connectivity index (χ2v) is 9.39. The van der Waals surface area contributed by atoms with Crippen molar-refractivity contribution in [3.8, 4) is 0 Å².